The van der Waals surface area contributed by atoms with Gasteiger partial charge in [0.15, 0.2) is 10.9 Å². The van der Waals surface area contributed by atoms with E-state index in [9.17, 15) is 9.59 Å². The molecular formula is C25H26ClN5O2S. The lowest BCUT2D eigenvalue weighted by molar-refractivity contribution is -0.121. The van der Waals surface area contributed by atoms with Crippen molar-refractivity contribution in [3.05, 3.63) is 47.0 Å². The summed E-state index contributed by atoms with van der Waals surface area (Å²) in [6.45, 7) is 0. The number of rotatable bonds is 7. The van der Waals surface area contributed by atoms with Gasteiger partial charge in [0, 0.05) is 36.5 Å². The number of aromatic nitrogens is 3. The van der Waals surface area contributed by atoms with E-state index in [2.05, 4.69) is 20.6 Å². The number of nitrogens with one attached hydrogen (secondary N) is 2. The third-order valence-corrected chi connectivity index (χ3v) is 7.49. The van der Waals surface area contributed by atoms with Gasteiger partial charge in [0.05, 0.1) is 21.3 Å². The number of Topliss-reactive ketones (excluding diaryl/α,β-unsaturated/α-hetero) is 1. The minimum Gasteiger partial charge on any atom is -0.353 e. The first-order chi connectivity index (χ1) is 16.5. The number of hydrogen-bond acceptors (Lipinski definition) is 6. The summed E-state index contributed by atoms with van der Waals surface area (Å²) in [4.78, 5) is 34.3. The fraction of sp³-hybridized carbons (Fsp3) is 0.360. The topological polar surface area (TPSA) is 88.9 Å². The van der Waals surface area contributed by atoms with Crippen molar-refractivity contribution in [2.75, 3.05) is 5.32 Å². The molecule has 2 heterocycles. The highest BCUT2D eigenvalue weighted by molar-refractivity contribution is 7.22. The molecule has 1 fully saturated rings. The number of aryl methyl sites for hydroxylation is 1. The zero-order valence-corrected chi connectivity index (χ0v) is 20.5. The highest BCUT2D eigenvalue weighted by atomic mass is 35.5. The average Bonchev–Trinajstić information content (AvgIpc) is 3.37. The van der Waals surface area contributed by atoms with Crippen molar-refractivity contribution < 1.29 is 9.59 Å². The molecule has 1 aliphatic rings. The van der Waals surface area contributed by atoms with E-state index < -0.39 is 0 Å². The second kappa shape index (κ2) is 9.72. The van der Waals surface area contributed by atoms with E-state index in [1.807, 2.05) is 35.9 Å². The fourth-order valence-electron chi connectivity index (χ4n) is 4.45. The minimum absolute atomic E-state index is 0.0391. The second-order valence-corrected chi connectivity index (χ2v) is 10.2. The van der Waals surface area contributed by atoms with Crippen molar-refractivity contribution in [1.82, 2.24) is 19.9 Å². The molecule has 2 N–H and O–H groups in total. The number of ketones is 1. The van der Waals surface area contributed by atoms with Crippen molar-refractivity contribution in [2.45, 2.75) is 51.0 Å². The summed E-state index contributed by atoms with van der Waals surface area (Å²) >= 11 is 7.59. The predicted octanol–water partition coefficient (Wildman–Crippen LogP) is 5.99. The summed E-state index contributed by atoms with van der Waals surface area (Å²) in [7, 11) is 1.92. The fourth-order valence-corrected chi connectivity index (χ4v) is 5.59. The van der Waals surface area contributed by atoms with E-state index in [0.717, 1.165) is 46.5 Å². The van der Waals surface area contributed by atoms with Crippen molar-refractivity contribution >= 4 is 67.0 Å². The van der Waals surface area contributed by atoms with Crippen molar-refractivity contribution in [2.24, 2.45) is 7.05 Å². The Balaban J connectivity index is 1.26. The monoisotopic (exact) mass is 495 g/mol. The Hall–Kier alpha value is -2.97. The van der Waals surface area contributed by atoms with Crippen LogP contribution in [0.5, 0.6) is 0 Å². The van der Waals surface area contributed by atoms with E-state index in [0.29, 0.717) is 22.1 Å². The van der Waals surface area contributed by atoms with Gasteiger partial charge in [-0.1, -0.05) is 42.2 Å². The number of carbonyl (C=O) groups is 2. The Labute approximate surface area is 206 Å². The zero-order chi connectivity index (χ0) is 23.7. The van der Waals surface area contributed by atoms with Crippen LogP contribution in [0.15, 0.2) is 36.4 Å². The Morgan fingerprint density at radius 1 is 1.06 bits per heavy atom. The van der Waals surface area contributed by atoms with Gasteiger partial charge in [-0.05, 0) is 49.2 Å². The minimum atomic E-state index is -0.0519. The third kappa shape index (κ3) is 4.93. The van der Waals surface area contributed by atoms with Crippen LogP contribution in [0.3, 0.4) is 0 Å². The molecule has 0 bridgehead atoms. The van der Waals surface area contributed by atoms with Gasteiger partial charge in [0.2, 0.25) is 11.9 Å². The van der Waals surface area contributed by atoms with E-state index >= 15 is 0 Å². The van der Waals surface area contributed by atoms with Gasteiger partial charge in [-0.2, -0.15) is 0 Å². The van der Waals surface area contributed by atoms with E-state index in [4.69, 9.17) is 11.6 Å². The molecule has 2 aromatic carbocycles. The maximum atomic E-state index is 12.7. The molecule has 9 heteroatoms. The van der Waals surface area contributed by atoms with Gasteiger partial charge in [0.25, 0.3) is 0 Å². The molecule has 5 rings (SSSR count). The smallest absolute Gasteiger partial charge is 0.220 e. The van der Waals surface area contributed by atoms with Crippen molar-refractivity contribution in [3.63, 3.8) is 0 Å². The van der Waals surface area contributed by atoms with Gasteiger partial charge in [-0.3, -0.25) is 9.59 Å². The molecule has 7 nitrogen and oxygen atoms in total. The average molecular weight is 496 g/mol. The van der Waals surface area contributed by atoms with Crippen LogP contribution >= 0.6 is 22.9 Å². The Bertz CT molecular complexity index is 1370. The number of thiazole rings is 1. The predicted molar refractivity (Wildman–Crippen MR) is 137 cm³/mol. The van der Waals surface area contributed by atoms with E-state index in [-0.39, 0.29) is 30.6 Å². The summed E-state index contributed by atoms with van der Waals surface area (Å²) < 4.78 is 2.93. The third-order valence-electron chi connectivity index (χ3n) is 6.32. The van der Waals surface area contributed by atoms with E-state index in [1.54, 1.807) is 12.1 Å². The molecule has 0 atom stereocenters. The van der Waals surface area contributed by atoms with Crippen LogP contribution in [0, 0.1) is 0 Å². The SMILES string of the molecule is Cn1c(Nc2nc3ccc(Cl)cc3s2)nc2cc(C(=O)CCC(=O)NC3CCCCC3)ccc21. The summed E-state index contributed by atoms with van der Waals surface area (Å²) in [6, 6.07) is 11.3. The second-order valence-electron chi connectivity index (χ2n) is 8.78. The first kappa shape index (κ1) is 22.8. The summed E-state index contributed by atoms with van der Waals surface area (Å²) in [5, 5.41) is 7.74. The highest BCUT2D eigenvalue weighted by Gasteiger charge is 2.18. The van der Waals surface area contributed by atoms with Crippen LogP contribution in [0.4, 0.5) is 11.1 Å². The maximum Gasteiger partial charge on any atom is 0.220 e. The van der Waals surface area contributed by atoms with Crippen LogP contribution in [0.25, 0.3) is 21.3 Å². The lowest BCUT2D eigenvalue weighted by atomic mass is 9.95. The van der Waals surface area contributed by atoms with Gasteiger partial charge in [-0.25, -0.2) is 9.97 Å². The van der Waals surface area contributed by atoms with Crippen molar-refractivity contribution in [1.29, 1.82) is 0 Å². The van der Waals surface area contributed by atoms with Crippen LogP contribution in [0.1, 0.15) is 55.3 Å². The number of benzene rings is 2. The molecule has 34 heavy (non-hydrogen) atoms. The standard InChI is InChI=1S/C25H26ClN5O2S/c1-31-20-10-7-15(21(32)11-12-23(33)27-17-5-3-2-4-6-17)13-19(20)28-24(31)30-25-29-18-9-8-16(26)14-22(18)34-25/h7-10,13-14,17H,2-6,11-12H2,1H3,(H,27,33)(H,28,29,30). The lowest BCUT2D eigenvalue weighted by Crippen LogP contribution is -2.36. The Morgan fingerprint density at radius 3 is 2.71 bits per heavy atom. The van der Waals surface area contributed by atoms with Crippen LogP contribution in [-0.2, 0) is 11.8 Å². The summed E-state index contributed by atoms with van der Waals surface area (Å²) in [5.41, 5.74) is 3.05. The van der Waals surface area contributed by atoms with Crippen LogP contribution < -0.4 is 10.6 Å². The molecule has 2 aromatic heterocycles. The van der Waals surface area contributed by atoms with Crippen LogP contribution in [-0.4, -0.2) is 32.3 Å². The number of nitrogens with zero attached hydrogens (tertiary/aromatic N) is 3. The number of fused-ring (bicyclic) bond motifs is 2. The molecule has 1 saturated carbocycles. The number of anilines is 2. The van der Waals surface area contributed by atoms with Crippen LogP contribution in [0.2, 0.25) is 5.02 Å². The molecule has 0 aliphatic heterocycles. The normalized spacial score (nSPS) is 14.5. The largest absolute Gasteiger partial charge is 0.353 e. The maximum absolute atomic E-state index is 12.7. The molecule has 0 radical (unpaired) electrons. The highest BCUT2D eigenvalue weighted by Crippen LogP contribution is 2.31. The first-order valence-electron chi connectivity index (χ1n) is 11.6. The number of amides is 1. The first-order valence-corrected chi connectivity index (χ1v) is 12.8. The van der Waals surface area contributed by atoms with Gasteiger partial charge >= 0.3 is 0 Å². The molecule has 0 spiro atoms. The Morgan fingerprint density at radius 2 is 1.88 bits per heavy atom. The number of hydrogen-bond donors (Lipinski definition) is 2. The van der Waals surface area contributed by atoms with E-state index in [1.165, 1.54) is 17.8 Å². The zero-order valence-electron chi connectivity index (χ0n) is 18.9. The van der Waals surface area contributed by atoms with Gasteiger partial charge < -0.3 is 15.2 Å². The quantitative estimate of drug-likeness (QED) is 0.307. The summed E-state index contributed by atoms with van der Waals surface area (Å²) in [6.07, 6.45) is 6.05. The van der Waals surface area contributed by atoms with Gasteiger partial charge in [0.1, 0.15) is 0 Å². The molecule has 176 valence electrons. The molecule has 0 saturated heterocycles. The Kier molecular flexibility index (Phi) is 6.52. The molecular weight excluding hydrogens is 470 g/mol. The molecule has 4 aromatic rings. The molecule has 1 aliphatic carbocycles. The lowest BCUT2D eigenvalue weighted by Gasteiger charge is -2.22. The molecule has 1 amide bonds. The number of carbonyl (C=O) groups excluding carboxylic acids is 2. The van der Waals surface area contributed by atoms with Gasteiger partial charge in [-0.15, -0.1) is 0 Å². The summed E-state index contributed by atoms with van der Waals surface area (Å²) in [5.74, 6) is 0.545. The van der Waals surface area contributed by atoms with Crippen molar-refractivity contribution in [3.8, 4) is 0 Å². The number of imidazole rings is 1. The number of halogens is 1. The molecule has 0 unspecified atom stereocenters.